The molecule has 3 fully saturated rings. The van der Waals surface area contributed by atoms with E-state index in [1.54, 1.807) is 0 Å². The van der Waals surface area contributed by atoms with Crippen molar-refractivity contribution in [1.82, 2.24) is 0 Å². The number of aliphatic hydroxyl groups is 2. The van der Waals surface area contributed by atoms with Gasteiger partial charge in [0.25, 0.3) is 0 Å². The number of hydrogen-bond donors (Lipinski definition) is 2. The average molecular weight is 383 g/mol. The van der Waals surface area contributed by atoms with Gasteiger partial charge in [-0.15, -0.1) is 0 Å². The van der Waals surface area contributed by atoms with Crippen molar-refractivity contribution < 1.29 is 15.0 Å². The monoisotopic (exact) mass is 382 g/mol. The standard InChI is InChI=1S/C19H27BrO3/c1-18-5-3-11(21)7-10(18)8-15(22)16-12(18)4-6-19(2)13(16)9-14(20)17(19)23/h8,11-16,21-22H,3-7,9H2,1-2H3/t11?,12-,13+,14?,15?,16-,18+,19+/m1/s1. The molecule has 128 valence electrons. The number of hydrogen-bond acceptors (Lipinski definition) is 3. The fourth-order valence-electron chi connectivity index (χ4n) is 6.38. The maximum atomic E-state index is 12.7. The number of carbonyl (C=O) groups excluding carboxylic acids is 1. The summed E-state index contributed by atoms with van der Waals surface area (Å²) >= 11 is 3.58. The molecule has 4 aliphatic carbocycles. The van der Waals surface area contributed by atoms with Crippen LogP contribution >= 0.6 is 15.9 Å². The third kappa shape index (κ3) is 2.10. The molecule has 0 aromatic carbocycles. The van der Waals surface area contributed by atoms with Gasteiger partial charge in [0, 0.05) is 5.41 Å². The summed E-state index contributed by atoms with van der Waals surface area (Å²) in [5.74, 6) is 1.24. The van der Waals surface area contributed by atoms with Crippen molar-refractivity contribution in [2.24, 2.45) is 28.6 Å². The highest BCUT2D eigenvalue weighted by Crippen LogP contribution is 2.64. The van der Waals surface area contributed by atoms with Crippen LogP contribution in [0.25, 0.3) is 0 Å². The van der Waals surface area contributed by atoms with E-state index >= 15 is 0 Å². The molecule has 0 aromatic heterocycles. The summed E-state index contributed by atoms with van der Waals surface area (Å²) in [7, 11) is 0. The van der Waals surface area contributed by atoms with Gasteiger partial charge in [-0.1, -0.05) is 41.4 Å². The minimum atomic E-state index is -0.469. The molecule has 23 heavy (non-hydrogen) atoms. The number of carbonyl (C=O) groups is 1. The Morgan fingerprint density at radius 2 is 1.83 bits per heavy atom. The van der Waals surface area contributed by atoms with E-state index < -0.39 is 6.10 Å². The van der Waals surface area contributed by atoms with E-state index in [-0.39, 0.29) is 33.6 Å². The number of fused-ring (bicyclic) bond motifs is 5. The zero-order chi connectivity index (χ0) is 16.6. The second-order valence-corrected chi connectivity index (χ2v) is 9.92. The van der Waals surface area contributed by atoms with Gasteiger partial charge in [-0.25, -0.2) is 0 Å². The van der Waals surface area contributed by atoms with Crippen LogP contribution in [-0.4, -0.2) is 33.0 Å². The van der Waals surface area contributed by atoms with Crippen LogP contribution in [0.2, 0.25) is 0 Å². The highest BCUT2D eigenvalue weighted by atomic mass is 79.9. The molecule has 0 saturated heterocycles. The minimum Gasteiger partial charge on any atom is -0.393 e. The lowest BCUT2D eigenvalue weighted by atomic mass is 9.47. The van der Waals surface area contributed by atoms with E-state index in [0.717, 1.165) is 32.1 Å². The predicted molar refractivity (Wildman–Crippen MR) is 92.2 cm³/mol. The number of halogens is 1. The summed E-state index contributed by atoms with van der Waals surface area (Å²) in [6.45, 7) is 4.45. The first-order valence-corrected chi connectivity index (χ1v) is 9.94. The molecule has 0 aliphatic heterocycles. The Kier molecular flexibility index (Phi) is 3.65. The molecule has 0 heterocycles. The third-order valence-corrected chi connectivity index (χ3v) is 8.59. The fraction of sp³-hybridized carbons (Fsp3) is 0.842. The topological polar surface area (TPSA) is 57.5 Å². The Balaban J connectivity index is 1.75. The second kappa shape index (κ2) is 5.15. The summed E-state index contributed by atoms with van der Waals surface area (Å²) in [6.07, 6.45) is 6.69. The van der Waals surface area contributed by atoms with E-state index in [2.05, 4.69) is 29.8 Å². The Bertz CT molecular complexity index is 573. The van der Waals surface area contributed by atoms with Crippen LogP contribution < -0.4 is 0 Å². The zero-order valence-corrected chi connectivity index (χ0v) is 15.6. The van der Waals surface area contributed by atoms with Crippen molar-refractivity contribution in [2.45, 2.75) is 69.4 Å². The maximum Gasteiger partial charge on any atom is 0.152 e. The van der Waals surface area contributed by atoms with Gasteiger partial charge in [0.1, 0.15) is 0 Å². The molecular formula is C19H27BrO3. The molecule has 3 saturated carbocycles. The van der Waals surface area contributed by atoms with Gasteiger partial charge in [0.15, 0.2) is 5.78 Å². The van der Waals surface area contributed by atoms with Gasteiger partial charge in [-0.3, -0.25) is 4.79 Å². The molecule has 0 amide bonds. The number of rotatable bonds is 0. The van der Waals surface area contributed by atoms with Crippen LogP contribution in [0.4, 0.5) is 0 Å². The van der Waals surface area contributed by atoms with Crippen molar-refractivity contribution in [1.29, 1.82) is 0 Å². The molecule has 0 spiro atoms. The lowest BCUT2D eigenvalue weighted by molar-refractivity contribution is -0.135. The highest BCUT2D eigenvalue weighted by Gasteiger charge is 2.62. The molecule has 2 N–H and O–H groups in total. The number of alkyl halides is 1. The number of ketones is 1. The van der Waals surface area contributed by atoms with E-state index in [1.807, 2.05) is 6.08 Å². The third-order valence-electron chi connectivity index (χ3n) is 7.80. The first-order chi connectivity index (χ1) is 10.8. The molecule has 0 bridgehead atoms. The molecule has 0 aromatic rings. The largest absolute Gasteiger partial charge is 0.393 e. The Labute approximate surface area is 146 Å². The molecular weight excluding hydrogens is 356 g/mol. The highest BCUT2D eigenvalue weighted by molar-refractivity contribution is 9.10. The van der Waals surface area contributed by atoms with Crippen LogP contribution in [0.5, 0.6) is 0 Å². The first-order valence-electron chi connectivity index (χ1n) is 9.03. The smallest absolute Gasteiger partial charge is 0.152 e. The molecule has 0 radical (unpaired) electrons. The van der Waals surface area contributed by atoms with Gasteiger partial charge in [-0.2, -0.15) is 0 Å². The van der Waals surface area contributed by atoms with E-state index in [1.165, 1.54) is 5.57 Å². The van der Waals surface area contributed by atoms with Crippen LogP contribution in [-0.2, 0) is 4.79 Å². The van der Waals surface area contributed by atoms with Crippen molar-refractivity contribution in [3.63, 3.8) is 0 Å². The summed E-state index contributed by atoms with van der Waals surface area (Å²) in [5, 5.41) is 20.9. The number of Topliss-reactive ketones (excluding diaryl/α,β-unsaturated/α-hetero) is 1. The molecule has 8 atom stereocenters. The SMILES string of the molecule is C[C@]12CCC(O)CC1=CC(O)[C@@H]1[C@H]2CC[C@]2(C)C(=O)C(Br)C[C@@H]12. The molecule has 4 rings (SSSR count). The lowest BCUT2D eigenvalue weighted by Gasteiger charge is -2.57. The van der Waals surface area contributed by atoms with E-state index in [4.69, 9.17) is 0 Å². The van der Waals surface area contributed by atoms with Crippen LogP contribution in [0.3, 0.4) is 0 Å². The molecule has 3 nitrogen and oxygen atoms in total. The summed E-state index contributed by atoms with van der Waals surface area (Å²) in [6, 6.07) is 0. The summed E-state index contributed by atoms with van der Waals surface area (Å²) < 4.78 is 0. The second-order valence-electron chi connectivity index (χ2n) is 8.81. The quantitative estimate of drug-likeness (QED) is 0.499. The van der Waals surface area contributed by atoms with E-state index in [0.29, 0.717) is 18.1 Å². The van der Waals surface area contributed by atoms with Gasteiger partial charge < -0.3 is 10.2 Å². The van der Waals surface area contributed by atoms with Gasteiger partial charge in [0.05, 0.1) is 17.0 Å². The normalized spacial score (nSPS) is 55.7. The maximum absolute atomic E-state index is 12.7. The lowest BCUT2D eigenvalue weighted by Crippen LogP contribution is -2.54. The Morgan fingerprint density at radius 1 is 1.13 bits per heavy atom. The summed E-state index contributed by atoms with van der Waals surface area (Å²) in [5.41, 5.74) is 1.08. The van der Waals surface area contributed by atoms with Gasteiger partial charge in [-0.05, 0) is 61.7 Å². The van der Waals surface area contributed by atoms with Crippen LogP contribution in [0, 0.1) is 28.6 Å². The number of aliphatic hydroxyl groups excluding tert-OH is 2. The Hall–Kier alpha value is -0.190. The molecule has 4 aliphatic rings. The first kappa shape index (κ1) is 16.3. The van der Waals surface area contributed by atoms with Crippen LogP contribution in [0.15, 0.2) is 11.6 Å². The summed E-state index contributed by atoms with van der Waals surface area (Å²) in [4.78, 5) is 12.6. The average Bonchev–Trinajstić information content (AvgIpc) is 2.73. The van der Waals surface area contributed by atoms with Crippen molar-refractivity contribution in [2.75, 3.05) is 0 Å². The minimum absolute atomic E-state index is 0.0465. The Morgan fingerprint density at radius 3 is 2.57 bits per heavy atom. The van der Waals surface area contributed by atoms with Crippen LogP contribution in [0.1, 0.15) is 52.4 Å². The fourth-order valence-corrected chi connectivity index (χ4v) is 7.31. The van der Waals surface area contributed by atoms with Crippen molar-refractivity contribution >= 4 is 21.7 Å². The van der Waals surface area contributed by atoms with Gasteiger partial charge >= 0.3 is 0 Å². The molecule has 4 heteroatoms. The zero-order valence-electron chi connectivity index (χ0n) is 14.0. The predicted octanol–water partition coefficient (Wildman–Crippen LogP) is 3.22. The van der Waals surface area contributed by atoms with Gasteiger partial charge in [0.2, 0.25) is 0 Å². The van der Waals surface area contributed by atoms with Crippen molar-refractivity contribution in [3.05, 3.63) is 11.6 Å². The molecule has 3 unspecified atom stereocenters. The van der Waals surface area contributed by atoms with Crippen molar-refractivity contribution in [3.8, 4) is 0 Å². The van der Waals surface area contributed by atoms with E-state index in [9.17, 15) is 15.0 Å².